The first-order valence-corrected chi connectivity index (χ1v) is 6.45. The van der Waals surface area contributed by atoms with Gasteiger partial charge >= 0.3 is 0 Å². The minimum absolute atomic E-state index is 0.117. The molecule has 98 valence electrons. The van der Waals surface area contributed by atoms with E-state index >= 15 is 0 Å². The van der Waals surface area contributed by atoms with Crippen LogP contribution >= 0.6 is 0 Å². The van der Waals surface area contributed by atoms with E-state index in [1.54, 1.807) is 0 Å². The fourth-order valence-corrected chi connectivity index (χ4v) is 1.58. The Balaban J connectivity index is 2.75. The van der Waals surface area contributed by atoms with E-state index in [0.717, 1.165) is 5.75 Å². The Morgan fingerprint density at radius 2 is 1.89 bits per heavy atom. The molecule has 0 bridgehead atoms. The monoisotopic (exact) mass is 244 g/mol. The molecule has 0 N–H and O–H groups in total. The van der Waals surface area contributed by atoms with Gasteiger partial charge in [-0.1, -0.05) is 58.0 Å². The lowest BCUT2D eigenvalue weighted by Gasteiger charge is -2.24. The van der Waals surface area contributed by atoms with Crippen LogP contribution in [0.2, 0.25) is 0 Å². The standard InChI is InChI=1S/C17H24O/c1-6-14(2)12-15(17(3,4)5)13-18-16-10-8-7-9-11-16/h6-12,14H,1,13H2,2-5H3. The van der Waals surface area contributed by atoms with Crippen molar-refractivity contribution in [2.75, 3.05) is 6.61 Å². The predicted molar refractivity (Wildman–Crippen MR) is 78.8 cm³/mol. The third-order valence-electron chi connectivity index (χ3n) is 2.94. The molecule has 0 saturated carbocycles. The summed E-state index contributed by atoms with van der Waals surface area (Å²) in [6.45, 7) is 13.2. The molecule has 0 aliphatic rings. The Kier molecular flexibility index (Phi) is 5.21. The van der Waals surface area contributed by atoms with E-state index in [9.17, 15) is 0 Å². The topological polar surface area (TPSA) is 9.23 Å². The molecule has 0 heterocycles. The summed E-state index contributed by atoms with van der Waals surface area (Å²) in [5.74, 6) is 1.29. The van der Waals surface area contributed by atoms with Gasteiger partial charge in [0, 0.05) is 0 Å². The van der Waals surface area contributed by atoms with E-state index in [0.29, 0.717) is 12.5 Å². The van der Waals surface area contributed by atoms with Gasteiger partial charge in [-0.05, 0) is 29.0 Å². The molecule has 1 atom stereocenters. The van der Waals surface area contributed by atoms with Crippen molar-refractivity contribution >= 4 is 0 Å². The second-order valence-corrected chi connectivity index (χ2v) is 5.64. The summed E-state index contributed by atoms with van der Waals surface area (Å²) in [4.78, 5) is 0. The van der Waals surface area contributed by atoms with Crippen LogP contribution in [-0.4, -0.2) is 6.61 Å². The Morgan fingerprint density at radius 1 is 1.28 bits per heavy atom. The summed E-state index contributed by atoms with van der Waals surface area (Å²) in [6.07, 6.45) is 4.20. The van der Waals surface area contributed by atoms with E-state index in [4.69, 9.17) is 4.74 Å². The predicted octanol–water partition coefficient (Wildman–Crippen LogP) is 4.86. The first kappa shape index (κ1) is 14.6. The van der Waals surface area contributed by atoms with Crippen LogP contribution in [0.25, 0.3) is 0 Å². The quantitative estimate of drug-likeness (QED) is 0.672. The third-order valence-corrected chi connectivity index (χ3v) is 2.94. The summed E-state index contributed by atoms with van der Waals surface area (Å²) < 4.78 is 5.84. The lowest BCUT2D eigenvalue weighted by atomic mass is 9.85. The Bertz CT molecular complexity index is 395. The van der Waals surface area contributed by atoms with Gasteiger partial charge in [0.15, 0.2) is 0 Å². The van der Waals surface area contributed by atoms with Crippen LogP contribution in [0, 0.1) is 11.3 Å². The van der Waals surface area contributed by atoms with Crippen LogP contribution in [0.1, 0.15) is 27.7 Å². The smallest absolute Gasteiger partial charge is 0.119 e. The van der Waals surface area contributed by atoms with Crippen molar-refractivity contribution in [3.8, 4) is 5.75 Å². The fourth-order valence-electron chi connectivity index (χ4n) is 1.58. The van der Waals surface area contributed by atoms with Gasteiger partial charge in [0.2, 0.25) is 0 Å². The molecule has 0 fully saturated rings. The molecular formula is C17H24O. The average molecular weight is 244 g/mol. The normalized spacial score (nSPS) is 14.1. The average Bonchev–Trinajstić information content (AvgIpc) is 2.34. The summed E-state index contributed by atoms with van der Waals surface area (Å²) in [7, 11) is 0. The highest BCUT2D eigenvalue weighted by molar-refractivity contribution is 5.23. The van der Waals surface area contributed by atoms with Crippen molar-refractivity contribution in [2.45, 2.75) is 27.7 Å². The zero-order valence-corrected chi connectivity index (χ0v) is 11.9. The first-order chi connectivity index (χ1) is 8.43. The molecule has 0 aliphatic carbocycles. The molecule has 1 aromatic rings. The number of rotatable bonds is 5. The highest BCUT2D eigenvalue weighted by Crippen LogP contribution is 2.27. The molecule has 1 aromatic carbocycles. The van der Waals surface area contributed by atoms with Crippen LogP contribution in [0.5, 0.6) is 5.75 Å². The van der Waals surface area contributed by atoms with E-state index in [-0.39, 0.29) is 5.41 Å². The molecule has 0 amide bonds. The number of ether oxygens (including phenoxy) is 1. The van der Waals surface area contributed by atoms with Gasteiger partial charge in [0.25, 0.3) is 0 Å². The minimum Gasteiger partial charge on any atom is -0.489 e. The third kappa shape index (κ3) is 4.79. The van der Waals surface area contributed by atoms with Gasteiger partial charge in [0.05, 0.1) is 0 Å². The Labute approximate surface area is 111 Å². The maximum absolute atomic E-state index is 5.84. The Morgan fingerprint density at radius 3 is 2.39 bits per heavy atom. The molecule has 1 nitrogen and oxygen atoms in total. The summed E-state index contributed by atoms with van der Waals surface area (Å²) in [5.41, 5.74) is 1.42. The lowest BCUT2D eigenvalue weighted by molar-refractivity contribution is 0.313. The number of hydrogen-bond acceptors (Lipinski definition) is 1. The van der Waals surface area contributed by atoms with Crippen LogP contribution in [0.15, 0.2) is 54.6 Å². The van der Waals surface area contributed by atoms with E-state index < -0.39 is 0 Å². The molecular weight excluding hydrogens is 220 g/mol. The maximum Gasteiger partial charge on any atom is 0.119 e. The lowest BCUT2D eigenvalue weighted by Crippen LogP contribution is -2.17. The molecule has 18 heavy (non-hydrogen) atoms. The zero-order valence-electron chi connectivity index (χ0n) is 11.9. The van der Waals surface area contributed by atoms with Gasteiger partial charge in [-0.3, -0.25) is 0 Å². The van der Waals surface area contributed by atoms with Crippen molar-refractivity contribution in [3.63, 3.8) is 0 Å². The van der Waals surface area contributed by atoms with E-state index in [1.165, 1.54) is 5.57 Å². The van der Waals surface area contributed by atoms with Gasteiger partial charge in [0.1, 0.15) is 12.4 Å². The number of para-hydroxylation sites is 1. The van der Waals surface area contributed by atoms with Crippen molar-refractivity contribution in [1.29, 1.82) is 0 Å². The summed E-state index contributed by atoms with van der Waals surface area (Å²) in [6, 6.07) is 9.94. The van der Waals surface area contributed by atoms with Crippen molar-refractivity contribution < 1.29 is 4.74 Å². The number of benzene rings is 1. The van der Waals surface area contributed by atoms with Gasteiger partial charge < -0.3 is 4.74 Å². The van der Waals surface area contributed by atoms with Crippen molar-refractivity contribution in [1.82, 2.24) is 0 Å². The highest BCUT2D eigenvalue weighted by Gasteiger charge is 2.18. The second-order valence-electron chi connectivity index (χ2n) is 5.64. The molecule has 0 saturated heterocycles. The van der Waals surface area contributed by atoms with Crippen LogP contribution < -0.4 is 4.74 Å². The zero-order chi connectivity index (χ0) is 13.6. The molecule has 0 radical (unpaired) electrons. The molecule has 0 aromatic heterocycles. The van der Waals surface area contributed by atoms with Gasteiger partial charge in [-0.15, -0.1) is 6.58 Å². The highest BCUT2D eigenvalue weighted by atomic mass is 16.5. The maximum atomic E-state index is 5.84. The van der Waals surface area contributed by atoms with Crippen LogP contribution in [0.4, 0.5) is 0 Å². The van der Waals surface area contributed by atoms with Gasteiger partial charge in [-0.2, -0.15) is 0 Å². The molecule has 1 unspecified atom stereocenters. The molecule has 0 aliphatic heterocycles. The summed E-state index contributed by atoms with van der Waals surface area (Å²) >= 11 is 0. The first-order valence-electron chi connectivity index (χ1n) is 6.45. The SMILES string of the molecule is C=CC(C)C=C(COc1ccccc1)C(C)(C)C. The largest absolute Gasteiger partial charge is 0.489 e. The van der Waals surface area contributed by atoms with Crippen molar-refractivity contribution in [2.24, 2.45) is 11.3 Å². The molecule has 1 rings (SSSR count). The molecule has 1 heteroatoms. The van der Waals surface area contributed by atoms with Crippen LogP contribution in [0.3, 0.4) is 0 Å². The van der Waals surface area contributed by atoms with E-state index in [2.05, 4.69) is 40.3 Å². The van der Waals surface area contributed by atoms with E-state index in [1.807, 2.05) is 36.4 Å². The summed E-state index contributed by atoms with van der Waals surface area (Å²) in [5, 5.41) is 0. The second kappa shape index (κ2) is 6.44. The van der Waals surface area contributed by atoms with Gasteiger partial charge in [-0.25, -0.2) is 0 Å². The minimum atomic E-state index is 0.117. The number of allylic oxidation sites excluding steroid dienone is 2. The fraction of sp³-hybridized carbons (Fsp3) is 0.412. The van der Waals surface area contributed by atoms with Crippen molar-refractivity contribution in [3.05, 3.63) is 54.6 Å². The Hall–Kier alpha value is -1.50. The molecule has 0 spiro atoms. The van der Waals surface area contributed by atoms with Crippen LogP contribution in [-0.2, 0) is 0 Å². The number of hydrogen-bond donors (Lipinski definition) is 0.